The van der Waals surface area contributed by atoms with Crippen molar-refractivity contribution in [3.05, 3.63) is 59.7 Å². The van der Waals surface area contributed by atoms with Crippen LogP contribution in [-0.2, 0) is 11.2 Å². The number of hydrogen-bond acceptors (Lipinski definition) is 4. The maximum absolute atomic E-state index is 12.9. The second-order valence-corrected chi connectivity index (χ2v) is 6.54. The van der Waals surface area contributed by atoms with Crippen molar-refractivity contribution in [1.82, 2.24) is 4.90 Å². The number of amides is 1. The van der Waals surface area contributed by atoms with Crippen LogP contribution in [0.1, 0.15) is 11.1 Å². The van der Waals surface area contributed by atoms with Crippen molar-refractivity contribution >= 4 is 17.3 Å². The fourth-order valence-electron chi connectivity index (χ4n) is 2.94. The Bertz CT molecular complexity index is 788. The molecule has 5 nitrogen and oxygen atoms in total. The Kier molecular flexibility index (Phi) is 4.90. The number of para-hydroxylation sites is 2. The smallest absolute Gasteiger partial charge is 0.245 e. The molecule has 3 N–H and O–H groups in total. The number of anilines is 2. The number of benzene rings is 2. The number of carbonyl (C=O) groups excluding carboxylic acids is 1. The molecule has 1 amide bonds. The summed E-state index contributed by atoms with van der Waals surface area (Å²) in [6, 6.07) is 17.4. The van der Waals surface area contributed by atoms with Crippen LogP contribution in [0.25, 0.3) is 0 Å². The van der Waals surface area contributed by atoms with Gasteiger partial charge in [-0.3, -0.25) is 4.79 Å². The van der Waals surface area contributed by atoms with E-state index in [4.69, 9.17) is 11.0 Å². The van der Waals surface area contributed by atoms with Crippen molar-refractivity contribution in [2.45, 2.75) is 19.4 Å². The second-order valence-electron chi connectivity index (χ2n) is 6.54. The molecule has 1 aliphatic heterocycles. The first-order valence-corrected chi connectivity index (χ1v) is 8.42. The molecular formula is C20H22N4O. The van der Waals surface area contributed by atoms with Gasteiger partial charge in [0.15, 0.2) is 0 Å². The molecule has 0 radical (unpaired) electrons. The lowest BCUT2D eigenvalue weighted by molar-refractivity contribution is -0.137. The maximum Gasteiger partial charge on any atom is 0.245 e. The van der Waals surface area contributed by atoms with Crippen molar-refractivity contribution in [3.8, 4) is 6.07 Å². The van der Waals surface area contributed by atoms with Crippen LogP contribution in [0.4, 0.5) is 11.4 Å². The van der Waals surface area contributed by atoms with Crippen molar-refractivity contribution in [2.24, 2.45) is 5.92 Å². The summed E-state index contributed by atoms with van der Waals surface area (Å²) < 4.78 is 0. The zero-order valence-electron chi connectivity index (χ0n) is 14.3. The van der Waals surface area contributed by atoms with E-state index in [9.17, 15) is 4.79 Å². The molecule has 1 atom stereocenters. The van der Waals surface area contributed by atoms with Crippen molar-refractivity contribution in [3.63, 3.8) is 0 Å². The van der Waals surface area contributed by atoms with E-state index in [1.54, 1.807) is 4.90 Å². The SMILES string of the molecule is Cc1ccc(CC(Nc2ccccc2N)C(=O)N2CC(C#N)C2)cc1. The van der Waals surface area contributed by atoms with Gasteiger partial charge in [0.25, 0.3) is 0 Å². The average molecular weight is 334 g/mol. The van der Waals surface area contributed by atoms with Crippen LogP contribution in [0.3, 0.4) is 0 Å². The Morgan fingerprint density at radius 2 is 1.96 bits per heavy atom. The predicted molar refractivity (Wildman–Crippen MR) is 98.8 cm³/mol. The van der Waals surface area contributed by atoms with Gasteiger partial charge in [0.2, 0.25) is 5.91 Å². The first kappa shape index (κ1) is 16.8. The zero-order valence-corrected chi connectivity index (χ0v) is 14.3. The summed E-state index contributed by atoms with van der Waals surface area (Å²) >= 11 is 0. The molecule has 1 fully saturated rings. The van der Waals surface area contributed by atoms with Crippen LogP contribution in [-0.4, -0.2) is 29.9 Å². The standard InChI is InChI=1S/C20H22N4O/c1-14-6-8-15(9-7-14)10-19(20(25)24-12-16(11-21)13-24)23-18-5-3-2-4-17(18)22/h2-9,16,19,23H,10,12-13,22H2,1H3. The molecule has 2 aromatic rings. The van der Waals surface area contributed by atoms with E-state index in [-0.39, 0.29) is 11.8 Å². The molecule has 0 saturated carbocycles. The third-order valence-electron chi connectivity index (χ3n) is 4.52. The van der Waals surface area contributed by atoms with Gasteiger partial charge < -0.3 is 16.0 Å². The number of rotatable bonds is 5. The number of hydrogen-bond donors (Lipinski definition) is 2. The number of nitrogens with zero attached hydrogens (tertiary/aromatic N) is 2. The summed E-state index contributed by atoms with van der Waals surface area (Å²) in [5.74, 6) is -0.0407. The Hall–Kier alpha value is -3.00. The summed E-state index contributed by atoms with van der Waals surface area (Å²) in [6.07, 6.45) is 0.571. The van der Waals surface area contributed by atoms with Crippen molar-refractivity contribution in [2.75, 3.05) is 24.1 Å². The molecule has 128 valence electrons. The van der Waals surface area contributed by atoms with E-state index in [0.717, 1.165) is 11.3 Å². The number of nitrogens with two attached hydrogens (primary N) is 1. The van der Waals surface area contributed by atoms with E-state index >= 15 is 0 Å². The van der Waals surface area contributed by atoms with Crippen molar-refractivity contribution in [1.29, 1.82) is 5.26 Å². The van der Waals surface area contributed by atoms with Crippen LogP contribution >= 0.6 is 0 Å². The lowest BCUT2D eigenvalue weighted by Crippen LogP contribution is -2.54. The Labute approximate surface area is 148 Å². The summed E-state index contributed by atoms with van der Waals surface area (Å²) in [4.78, 5) is 14.6. The summed E-state index contributed by atoms with van der Waals surface area (Å²) in [5, 5.41) is 12.2. The highest BCUT2D eigenvalue weighted by atomic mass is 16.2. The van der Waals surface area contributed by atoms with Crippen LogP contribution in [0.5, 0.6) is 0 Å². The molecule has 3 rings (SSSR count). The quantitative estimate of drug-likeness (QED) is 0.824. The van der Waals surface area contributed by atoms with Gasteiger partial charge in [0, 0.05) is 19.5 Å². The topological polar surface area (TPSA) is 82.2 Å². The van der Waals surface area contributed by atoms with Gasteiger partial charge in [-0.05, 0) is 24.6 Å². The fourth-order valence-corrected chi connectivity index (χ4v) is 2.94. The lowest BCUT2D eigenvalue weighted by atomic mass is 9.97. The monoisotopic (exact) mass is 334 g/mol. The number of carbonyl (C=O) groups is 1. The van der Waals surface area contributed by atoms with E-state index in [2.05, 4.69) is 11.4 Å². The molecule has 1 heterocycles. The summed E-state index contributed by atoms with van der Waals surface area (Å²) in [5.41, 5.74) is 9.66. The van der Waals surface area contributed by atoms with E-state index < -0.39 is 6.04 Å². The molecule has 1 saturated heterocycles. The highest BCUT2D eigenvalue weighted by Gasteiger charge is 2.34. The molecule has 0 aliphatic carbocycles. The molecule has 0 spiro atoms. The number of nitriles is 1. The number of aryl methyl sites for hydroxylation is 1. The minimum atomic E-state index is -0.410. The van der Waals surface area contributed by atoms with Gasteiger partial charge in [-0.15, -0.1) is 0 Å². The normalized spacial score (nSPS) is 15.1. The molecule has 5 heteroatoms. The molecule has 0 bridgehead atoms. The minimum Gasteiger partial charge on any atom is -0.397 e. The Morgan fingerprint density at radius 1 is 1.28 bits per heavy atom. The van der Waals surface area contributed by atoms with Gasteiger partial charge in [-0.25, -0.2) is 0 Å². The molecule has 0 aromatic heterocycles. The largest absolute Gasteiger partial charge is 0.397 e. The van der Waals surface area contributed by atoms with Gasteiger partial charge >= 0.3 is 0 Å². The third-order valence-corrected chi connectivity index (χ3v) is 4.52. The first-order chi connectivity index (χ1) is 12.1. The lowest BCUT2D eigenvalue weighted by Gasteiger charge is -2.38. The molecule has 25 heavy (non-hydrogen) atoms. The number of likely N-dealkylation sites (tertiary alicyclic amines) is 1. The summed E-state index contributed by atoms with van der Waals surface area (Å²) in [7, 11) is 0. The minimum absolute atomic E-state index is 0.00956. The maximum atomic E-state index is 12.9. The number of nitrogens with one attached hydrogen (secondary N) is 1. The van der Waals surface area contributed by atoms with E-state index in [1.807, 2.05) is 55.5 Å². The van der Waals surface area contributed by atoms with Crippen LogP contribution in [0.15, 0.2) is 48.5 Å². The van der Waals surface area contributed by atoms with Crippen LogP contribution in [0, 0.1) is 24.2 Å². The van der Waals surface area contributed by atoms with Gasteiger partial charge in [-0.1, -0.05) is 42.0 Å². The zero-order chi connectivity index (χ0) is 17.8. The molecular weight excluding hydrogens is 312 g/mol. The van der Waals surface area contributed by atoms with Gasteiger partial charge in [0.05, 0.1) is 23.4 Å². The van der Waals surface area contributed by atoms with Crippen LogP contribution < -0.4 is 11.1 Å². The molecule has 2 aromatic carbocycles. The predicted octanol–water partition coefficient (Wildman–Crippen LogP) is 2.58. The van der Waals surface area contributed by atoms with E-state index in [0.29, 0.717) is 25.2 Å². The van der Waals surface area contributed by atoms with E-state index in [1.165, 1.54) is 5.56 Å². The first-order valence-electron chi connectivity index (χ1n) is 8.42. The fraction of sp³-hybridized carbons (Fsp3) is 0.300. The summed E-state index contributed by atoms with van der Waals surface area (Å²) in [6.45, 7) is 3.05. The van der Waals surface area contributed by atoms with Gasteiger partial charge in [0.1, 0.15) is 6.04 Å². The highest BCUT2D eigenvalue weighted by Crippen LogP contribution is 2.22. The Morgan fingerprint density at radius 3 is 2.60 bits per heavy atom. The number of nitrogen functional groups attached to an aromatic ring is 1. The van der Waals surface area contributed by atoms with Crippen molar-refractivity contribution < 1.29 is 4.79 Å². The molecule has 1 unspecified atom stereocenters. The average Bonchev–Trinajstić information content (AvgIpc) is 2.57. The Balaban J connectivity index is 1.78. The third kappa shape index (κ3) is 3.92. The van der Waals surface area contributed by atoms with Gasteiger partial charge in [-0.2, -0.15) is 5.26 Å². The van der Waals surface area contributed by atoms with Crippen LogP contribution in [0.2, 0.25) is 0 Å². The molecule has 1 aliphatic rings. The highest BCUT2D eigenvalue weighted by molar-refractivity contribution is 5.87. The second kappa shape index (κ2) is 7.27.